The molecule has 1 aliphatic heterocycles. The molecule has 0 unspecified atom stereocenters. The zero-order chi connectivity index (χ0) is 13.5. The van der Waals surface area contributed by atoms with Crippen molar-refractivity contribution in [3.05, 3.63) is 35.9 Å². The molecule has 0 aliphatic carbocycles. The van der Waals surface area contributed by atoms with Gasteiger partial charge in [0.15, 0.2) is 0 Å². The first-order chi connectivity index (χ1) is 9.25. The summed E-state index contributed by atoms with van der Waals surface area (Å²) in [5, 5.41) is 3.46. The lowest BCUT2D eigenvalue weighted by Gasteiger charge is -2.32. The molecule has 2 rings (SSSR count). The second-order valence-corrected chi connectivity index (χ2v) is 6.02. The number of hydrogen-bond donors (Lipinski definition) is 1. The summed E-state index contributed by atoms with van der Waals surface area (Å²) in [5.41, 5.74) is 1.46. The van der Waals surface area contributed by atoms with E-state index in [9.17, 15) is 0 Å². The first-order valence-electron chi connectivity index (χ1n) is 7.74. The monoisotopic (exact) mass is 260 g/mol. The van der Waals surface area contributed by atoms with Gasteiger partial charge < -0.3 is 10.2 Å². The van der Waals surface area contributed by atoms with Gasteiger partial charge in [-0.1, -0.05) is 30.3 Å². The molecule has 1 saturated heterocycles. The fraction of sp³-hybridized carbons (Fsp3) is 0.647. The van der Waals surface area contributed by atoms with E-state index in [4.69, 9.17) is 0 Å². The number of hydrogen-bond acceptors (Lipinski definition) is 2. The molecule has 0 aromatic heterocycles. The van der Waals surface area contributed by atoms with Gasteiger partial charge in [-0.25, -0.2) is 0 Å². The van der Waals surface area contributed by atoms with Crippen molar-refractivity contribution in [1.82, 2.24) is 10.2 Å². The summed E-state index contributed by atoms with van der Waals surface area (Å²) in [6.07, 6.45) is 3.85. The number of rotatable bonds is 6. The van der Waals surface area contributed by atoms with Crippen molar-refractivity contribution in [2.75, 3.05) is 26.2 Å². The van der Waals surface area contributed by atoms with Gasteiger partial charge in [-0.2, -0.15) is 0 Å². The van der Waals surface area contributed by atoms with Crippen LogP contribution in [0, 0.1) is 5.92 Å². The Morgan fingerprint density at radius 3 is 2.47 bits per heavy atom. The van der Waals surface area contributed by atoms with Crippen molar-refractivity contribution in [2.24, 2.45) is 5.92 Å². The van der Waals surface area contributed by atoms with Crippen LogP contribution in [0.25, 0.3) is 0 Å². The second kappa shape index (κ2) is 7.66. The van der Waals surface area contributed by atoms with Gasteiger partial charge in [0, 0.05) is 19.1 Å². The third-order valence-electron chi connectivity index (χ3n) is 4.21. The third kappa shape index (κ3) is 4.96. The van der Waals surface area contributed by atoms with E-state index in [-0.39, 0.29) is 0 Å². The third-order valence-corrected chi connectivity index (χ3v) is 4.21. The van der Waals surface area contributed by atoms with Gasteiger partial charge in [0.2, 0.25) is 0 Å². The highest BCUT2D eigenvalue weighted by Crippen LogP contribution is 2.15. The van der Waals surface area contributed by atoms with Crippen LogP contribution in [0.1, 0.15) is 32.3 Å². The SMILES string of the molecule is CC(C)N(CCc1ccccc1)CC1CCNCC1. The van der Waals surface area contributed by atoms with Crippen LogP contribution in [-0.2, 0) is 6.42 Å². The summed E-state index contributed by atoms with van der Waals surface area (Å²) in [5.74, 6) is 0.888. The van der Waals surface area contributed by atoms with E-state index in [1.165, 1.54) is 51.0 Å². The zero-order valence-electron chi connectivity index (χ0n) is 12.4. The Bertz CT molecular complexity index is 342. The predicted molar refractivity (Wildman–Crippen MR) is 82.4 cm³/mol. The summed E-state index contributed by atoms with van der Waals surface area (Å²) in [7, 11) is 0. The molecule has 0 radical (unpaired) electrons. The van der Waals surface area contributed by atoms with E-state index in [1.54, 1.807) is 0 Å². The second-order valence-electron chi connectivity index (χ2n) is 6.02. The fourth-order valence-electron chi connectivity index (χ4n) is 2.87. The molecule has 2 heteroatoms. The maximum Gasteiger partial charge on any atom is 0.00388 e. The van der Waals surface area contributed by atoms with Gasteiger partial charge in [0.05, 0.1) is 0 Å². The van der Waals surface area contributed by atoms with Crippen molar-refractivity contribution < 1.29 is 0 Å². The van der Waals surface area contributed by atoms with Gasteiger partial charge >= 0.3 is 0 Å². The molecule has 0 amide bonds. The van der Waals surface area contributed by atoms with Gasteiger partial charge in [0.1, 0.15) is 0 Å². The highest BCUT2D eigenvalue weighted by atomic mass is 15.1. The average Bonchev–Trinajstić information content (AvgIpc) is 2.45. The Morgan fingerprint density at radius 1 is 1.16 bits per heavy atom. The van der Waals surface area contributed by atoms with Crippen LogP contribution in [0.4, 0.5) is 0 Å². The average molecular weight is 260 g/mol. The largest absolute Gasteiger partial charge is 0.317 e. The molecule has 1 aromatic rings. The summed E-state index contributed by atoms with van der Waals surface area (Å²) < 4.78 is 0. The Balaban J connectivity index is 1.82. The smallest absolute Gasteiger partial charge is 0.00388 e. The summed E-state index contributed by atoms with van der Waals surface area (Å²) in [4.78, 5) is 2.66. The number of benzene rings is 1. The molecule has 106 valence electrons. The molecule has 19 heavy (non-hydrogen) atoms. The van der Waals surface area contributed by atoms with Crippen molar-refractivity contribution in [3.63, 3.8) is 0 Å². The molecular weight excluding hydrogens is 232 g/mol. The quantitative estimate of drug-likeness (QED) is 0.846. The lowest BCUT2D eigenvalue weighted by atomic mass is 9.97. The van der Waals surface area contributed by atoms with Crippen molar-refractivity contribution in [2.45, 2.75) is 39.2 Å². The summed E-state index contributed by atoms with van der Waals surface area (Å²) in [6, 6.07) is 11.5. The minimum absolute atomic E-state index is 0.651. The van der Waals surface area contributed by atoms with Crippen LogP contribution >= 0.6 is 0 Å². The first kappa shape index (κ1) is 14.5. The van der Waals surface area contributed by atoms with Crippen LogP contribution in [0.5, 0.6) is 0 Å². The molecule has 0 bridgehead atoms. The van der Waals surface area contributed by atoms with Crippen LogP contribution in [0.15, 0.2) is 30.3 Å². The summed E-state index contributed by atoms with van der Waals surface area (Å²) in [6.45, 7) is 9.51. The Labute approximate surface area is 118 Å². The van der Waals surface area contributed by atoms with Crippen molar-refractivity contribution >= 4 is 0 Å². The topological polar surface area (TPSA) is 15.3 Å². The van der Waals surface area contributed by atoms with E-state index >= 15 is 0 Å². The van der Waals surface area contributed by atoms with E-state index in [0.29, 0.717) is 6.04 Å². The van der Waals surface area contributed by atoms with Crippen LogP contribution < -0.4 is 5.32 Å². The van der Waals surface area contributed by atoms with Gasteiger partial charge in [0.25, 0.3) is 0 Å². The number of nitrogens with one attached hydrogen (secondary N) is 1. The number of nitrogens with zero attached hydrogens (tertiary/aromatic N) is 1. The Morgan fingerprint density at radius 2 is 1.84 bits per heavy atom. The van der Waals surface area contributed by atoms with Crippen molar-refractivity contribution in [3.8, 4) is 0 Å². The molecule has 1 aromatic carbocycles. The first-order valence-corrected chi connectivity index (χ1v) is 7.74. The highest BCUT2D eigenvalue weighted by molar-refractivity contribution is 5.14. The zero-order valence-corrected chi connectivity index (χ0v) is 12.4. The minimum Gasteiger partial charge on any atom is -0.317 e. The lowest BCUT2D eigenvalue weighted by molar-refractivity contribution is 0.171. The van der Waals surface area contributed by atoms with Crippen LogP contribution in [0.3, 0.4) is 0 Å². The molecule has 1 N–H and O–H groups in total. The fourth-order valence-corrected chi connectivity index (χ4v) is 2.87. The van der Waals surface area contributed by atoms with E-state index < -0.39 is 0 Å². The molecule has 2 nitrogen and oxygen atoms in total. The molecule has 0 saturated carbocycles. The molecule has 1 aliphatic rings. The molecular formula is C17H28N2. The number of piperidine rings is 1. The molecule has 1 fully saturated rings. The molecule has 1 heterocycles. The van der Waals surface area contributed by atoms with E-state index in [2.05, 4.69) is 54.4 Å². The van der Waals surface area contributed by atoms with E-state index in [0.717, 1.165) is 5.92 Å². The van der Waals surface area contributed by atoms with Crippen molar-refractivity contribution in [1.29, 1.82) is 0 Å². The van der Waals surface area contributed by atoms with Gasteiger partial charge in [-0.05, 0) is 57.7 Å². The van der Waals surface area contributed by atoms with Gasteiger partial charge in [-0.15, -0.1) is 0 Å². The Hall–Kier alpha value is -0.860. The predicted octanol–water partition coefficient (Wildman–Crippen LogP) is 2.94. The standard InChI is InChI=1S/C17H28N2/c1-15(2)19(14-17-8-11-18-12-9-17)13-10-16-6-4-3-5-7-16/h3-7,15,17-18H,8-14H2,1-2H3. The minimum atomic E-state index is 0.651. The highest BCUT2D eigenvalue weighted by Gasteiger charge is 2.18. The Kier molecular flexibility index (Phi) is 5.87. The van der Waals surface area contributed by atoms with E-state index in [1.807, 2.05) is 0 Å². The molecule has 0 spiro atoms. The molecule has 0 atom stereocenters. The maximum absolute atomic E-state index is 3.46. The summed E-state index contributed by atoms with van der Waals surface area (Å²) >= 11 is 0. The van der Waals surface area contributed by atoms with Crippen LogP contribution in [0.2, 0.25) is 0 Å². The normalized spacial score (nSPS) is 17.3. The van der Waals surface area contributed by atoms with Crippen LogP contribution in [-0.4, -0.2) is 37.1 Å². The lowest BCUT2D eigenvalue weighted by Crippen LogP contribution is -2.40. The maximum atomic E-state index is 3.46. The van der Waals surface area contributed by atoms with Gasteiger partial charge in [-0.3, -0.25) is 0 Å².